The highest BCUT2D eigenvalue weighted by Crippen LogP contribution is 2.20. The van der Waals surface area contributed by atoms with Gasteiger partial charge in [-0.15, -0.1) is 0 Å². The van der Waals surface area contributed by atoms with Crippen molar-refractivity contribution < 1.29 is 24.0 Å². The van der Waals surface area contributed by atoms with Crippen LogP contribution in [0.2, 0.25) is 0 Å². The molecule has 2 fully saturated rings. The molecule has 1 aromatic rings. The maximum absolute atomic E-state index is 12.0. The number of rotatable bonds is 6. The van der Waals surface area contributed by atoms with E-state index in [0.29, 0.717) is 31.2 Å². The van der Waals surface area contributed by atoms with Gasteiger partial charge in [0.1, 0.15) is 11.8 Å². The lowest BCUT2D eigenvalue weighted by atomic mass is 9.96. The molecular weight excluding hydrogens is 364 g/mol. The fourth-order valence-electron chi connectivity index (χ4n) is 3.43. The van der Waals surface area contributed by atoms with Gasteiger partial charge in [0.2, 0.25) is 11.8 Å². The second kappa shape index (κ2) is 10.8. The summed E-state index contributed by atoms with van der Waals surface area (Å²) in [6, 6.07) is 1.71. The number of carboxylic acid groups (broad SMARTS) is 1. The number of carbonyl (C=O) groups excluding carboxylic acids is 2. The lowest BCUT2D eigenvalue weighted by Gasteiger charge is -2.31. The molecule has 9 heteroatoms. The lowest BCUT2D eigenvalue weighted by Crippen LogP contribution is -2.44. The topological polar surface area (TPSA) is 125 Å². The average molecular weight is 394 g/mol. The van der Waals surface area contributed by atoms with E-state index >= 15 is 0 Å². The summed E-state index contributed by atoms with van der Waals surface area (Å²) in [6.45, 7) is 7.47. The van der Waals surface area contributed by atoms with Crippen LogP contribution in [0.5, 0.6) is 0 Å². The largest absolute Gasteiger partial charge is 0.483 e. The maximum Gasteiger partial charge on any atom is 0.290 e. The average Bonchev–Trinajstić information content (AvgIpc) is 3.31. The zero-order valence-corrected chi connectivity index (χ0v) is 16.5. The Hall–Kier alpha value is -2.42. The molecule has 0 saturated carbocycles. The molecule has 2 saturated heterocycles. The quantitative estimate of drug-likeness (QED) is 0.617. The van der Waals surface area contributed by atoms with Gasteiger partial charge >= 0.3 is 0 Å². The van der Waals surface area contributed by atoms with Crippen molar-refractivity contribution in [3.05, 3.63) is 17.5 Å². The molecule has 0 bridgehead atoms. The molecule has 0 radical (unpaired) electrons. The molecule has 28 heavy (non-hydrogen) atoms. The molecule has 0 aromatic carbocycles. The van der Waals surface area contributed by atoms with Crippen LogP contribution in [0.3, 0.4) is 0 Å². The van der Waals surface area contributed by atoms with E-state index in [1.165, 1.54) is 0 Å². The van der Waals surface area contributed by atoms with Crippen LogP contribution < -0.4 is 10.6 Å². The van der Waals surface area contributed by atoms with E-state index in [4.69, 9.17) is 14.4 Å². The Morgan fingerprint density at radius 2 is 2.11 bits per heavy atom. The molecule has 3 rings (SSSR count). The normalized spacial score (nSPS) is 20.4. The third kappa shape index (κ3) is 6.63. The number of hydrogen-bond acceptors (Lipinski definition) is 6. The van der Waals surface area contributed by atoms with Crippen LogP contribution in [0, 0.1) is 5.92 Å². The Bertz CT molecular complexity index is 653. The number of nitrogens with one attached hydrogen (secondary N) is 2. The Balaban J connectivity index is 0.000000878. The fraction of sp³-hybridized carbons (Fsp3) is 0.684. The van der Waals surface area contributed by atoms with Crippen molar-refractivity contribution >= 4 is 18.3 Å². The van der Waals surface area contributed by atoms with Gasteiger partial charge in [0, 0.05) is 31.5 Å². The molecule has 2 aliphatic heterocycles. The minimum atomic E-state index is -0.338. The van der Waals surface area contributed by atoms with Crippen LogP contribution in [0.25, 0.3) is 0 Å². The van der Waals surface area contributed by atoms with Crippen molar-refractivity contribution in [2.75, 3.05) is 19.6 Å². The fourth-order valence-corrected chi connectivity index (χ4v) is 3.43. The van der Waals surface area contributed by atoms with Gasteiger partial charge < -0.3 is 20.3 Å². The zero-order valence-electron chi connectivity index (χ0n) is 16.5. The Labute approximate surface area is 164 Å². The van der Waals surface area contributed by atoms with Crippen molar-refractivity contribution in [1.29, 1.82) is 0 Å². The van der Waals surface area contributed by atoms with E-state index in [1.807, 2.05) is 6.07 Å². The molecular formula is C19H30N4O5. The smallest absolute Gasteiger partial charge is 0.290 e. The molecule has 3 N–H and O–H groups in total. The Morgan fingerprint density at radius 1 is 1.43 bits per heavy atom. The van der Waals surface area contributed by atoms with Crippen LogP contribution in [0.15, 0.2) is 10.6 Å². The van der Waals surface area contributed by atoms with E-state index in [-0.39, 0.29) is 24.3 Å². The van der Waals surface area contributed by atoms with Crippen LogP contribution in [0.1, 0.15) is 56.9 Å². The van der Waals surface area contributed by atoms with E-state index in [2.05, 4.69) is 34.5 Å². The summed E-state index contributed by atoms with van der Waals surface area (Å²) >= 11 is 0. The van der Waals surface area contributed by atoms with Crippen LogP contribution in [0.4, 0.5) is 0 Å². The number of amides is 2. The molecule has 0 aliphatic carbocycles. The summed E-state index contributed by atoms with van der Waals surface area (Å²) in [5.74, 6) is 1.73. The number of likely N-dealkylation sites (tertiary alicyclic amines) is 1. The molecule has 3 heterocycles. The first-order valence-electron chi connectivity index (χ1n) is 9.75. The van der Waals surface area contributed by atoms with Gasteiger partial charge in [0.25, 0.3) is 6.47 Å². The van der Waals surface area contributed by atoms with Gasteiger partial charge in [-0.3, -0.25) is 19.3 Å². The minimum absolute atomic E-state index is 0.0260. The lowest BCUT2D eigenvalue weighted by molar-refractivity contribution is -0.125. The standard InChI is InChI=1S/C18H28N4O3.CH2O2/c1-12(2)16-9-14(21-25-16)11-22-7-5-13(6-8-22)10-19-18(24)15-3-4-17(23)20-15;2-1-3/h9,12-13,15H,3-8,10-11H2,1-2H3,(H,19,24)(H,20,23);1H,(H,2,3). The van der Waals surface area contributed by atoms with Crippen molar-refractivity contribution in [2.45, 2.75) is 58.0 Å². The summed E-state index contributed by atoms with van der Waals surface area (Å²) in [4.78, 5) is 34.0. The van der Waals surface area contributed by atoms with Gasteiger partial charge in [0.15, 0.2) is 0 Å². The summed E-state index contributed by atoms with van der Waals surface area (Å²) in [6.07, 6.45) is 3.19. The second-order valence-corrected chi connectivity index (χ2v) is 7.60. The highest BCUT2D eigenvalue weighted by Gasteiger charge is 2.28. The molecule has 2 aliphatic rings. The van der Waals surface area contributed by atoms with Crippen LogP contribution in [-0.4, -0.2) is 59.1 Å². The Kier molecular flexibility index (Phi) is 8.43. The SMILES string of the molecule is CC(C)c1cc(CN2CCC(CNC(=O)C3CCC(=O)N3)CC2)no1.O=CO. The summed E-state index contributed by atoms with van der Waals surface area (Å²) < 4.78 is 5.36. The Morgan fingerprint density at radius 3 is 2.64 bits per heavy atom. The van der Waals surface area contributed by atoms with Crippen LogP contribution in [-0.2, 0) is 20.9 Å². The monoisotopic (exact) mass is 394 g/mol. The summed E-state index contributed by atoms with van der Waals surface area (Å²) in [5.41, 5.74) is 0.993. The third-order valence-corrected chi connectivity index (χ3v) is 5.12. The van der Waals surface area contributed by atoms with Crippen molar-refractivity contribution in [3.8, 4) is 0 Å². The number of hydrogen-bond donors (Lipinski definition) is 3. The zero-order chi connectivity index (χ0) is 20.5. The molecule has 156 valence electrons. The predicted molar refractivity (Wildman–Crippen MR) is 101 cm³/mol. The van der Waals surface area contributed by atoms with Crippen LogP contribution >= 0.6 is 0 Å². The van der Waals surface area contributed by atoms with Crippen molar-refractivity contribution in [3.63, 3.8) is 0 Å². The highest BCUT2D eigenvalue weighted by atomic mass is 16.5. The van der Waals surface area contributed by atoms with E-state index in [9.17, 15) is 9.59 Å². The van der Waals surface area contributed by atoms with Crippen molar-refractivity contribution in [1.82, 2.24) is 20.7 Å². The highest BCUT2D eigenvalue weighted by molar-refractivity contribution is 5.90. The van der Waals surface area contributed by atoms with Gasteiger partial charge in [-0.2, -0.15) is 0 Å². The van der Waals surface area contributed by atoms with E-state index in [0.717, 1.165) is 43.9 Å². The number of nitrogens with zero attached hydrogens (tertiary/aromatic N) is 2. The molecule has 2 amide bonds. The summed E-state index contributed by atoms with van der Waals surface area (Å²) in [5, 5.41) is 16.7. The molecule has 1 unspecified atom stereocenters. The second-order valence-electron chi connectivity index (χ2n) is 7.60. The third-order valence-electron chi connectivity index (χ3n) is 5.12. The molecule has 0 spiro atoms. The van der Waals surface area contributed by atoms with Gasteiger partial charge in [-0.05, 0) is 38.3 Å². The molecule has 1 aromatic heterocycles. The first-order valence-corrected chi connectivity index (χ1v) is 9.75. The number of carbonyl (C=O) groups is 3. The first kappa shape index (κ1) is 21.9. The van der Waals surface area contributed by atoms with Gasteiger partial charge in [-0.25, -0.2) is 0 Å². The van der Waals surface area contributed by atoms with Gasteiger partial charge in [0.05, 0.1) is 5.69 Å². The number of piperidine rings is 1. The minimum Gasteiger partial charge on any atom is -0.483 e. The number of aromatic nitrogens is 1. The maximum atomic E-state index is 12.0. The summed E-state index contributed by atoms with van der Waals surface area (Å²) in [7, 11) is 0. The molecule has 9 nitrogen and oxygen atoms in total. The molecule has 1 atom stereocenters. The predicted octanol–water partition coefficient (Wildman–Crippen LogP) is 1.11. The van der Waals surface area contributed by atoms with Crippen molar-refractivity contribution in [2.24, 2.45) is 5.92 Å². The van der Waals surface area contributed by atoms with E-state index in [1.54, 1.807) is 0 Å². The van der Waals surface area contributed by atoms with Gasteiger partial charge in [-0.1, -0.05) is 19.0 Å². The van der Waals surface area contributed by atoms with E-state index < -0.39 is 0 Å². The first-order chi connectivity index (χ1) is 13.4.